The molecule has 0 amide bonds. The van der Waals surface area contributed by atoms with Gasteiger partial charge in [-0.3, -0.25) is 0 Å². The molecule has 2 heterocycles. The minimum absolute atomic E-state index is 1.01. The molecular weight excluding hydrogens is 190 g/mol. The van der Waals surface area contributed by atoms with Gasteiger partial charge in [0.2, 0.25) is 0 Å². The van der Waals surface area contributed by atoms with Gasteiger partial charge in [0.25, 0.3) is 0 Å². The maximum atomic E-state index is 3.34. The highest BCUT2D eigenvalue weighted by molar-refractivity contribution is 7.17. The Labute approximate surface area is 87.1 Å². The van der Waals surface area contributed by atoms with Crippen LogP contribution in [0.4, 0.5) is 0 Å². The summed E-state index contributed by atoms with van der Waals surface area (Å²) < 4.78 is 1.38. The van der Waals surface area contributed by atoms with Crippen LogP contribution in [0.1, 0.15) is 5.56 Å². The highest BCUT2D eigenvalue weighted by Crippen LogP contribution is 2.31. The monoisotopic (exact) mass is 201 g/mol. The van der Waals surface area contributed by atoms with E-state index in [0.29, 0.717) is 0 Å². The quantitative estimate of drug-likeness (QED) is 0.748. The van der Waals surface area contributed by atoms with Crippen LogP contribution in [0.15, 0.2) is 35.7 Å². The zero-order valence-corrected chi connectivity index (χ0v) is 8.60. The molecule has 1 N–H and O–H groups in total. The third-order valence-electron chi connectivity index (χ3n) is 2.64. The zero-order valence-electron chi connectivity index (χ0n) is 7.79. The number of nitrogens with one attached hydrogen (secondary N) is 1. The van der Waals surface area contributed by atoms with Gasteiger partial charge in [-0.25, -0.2) is 0 Å². The average Bonchev–Trinajstić information content (AvgIpc) is 2.85. The van der Waals surface area contributed by atoms with Crippen LogP contribution in [0.3, 0.4) is 0 Å². The molecule has 1 nitrogen and oxygen atoms in total. The molecule has 3 rings (SSSR count). The van der Waals surface area contributed by atoms with Crippen LogP contribution >= 0.6 is 11.3 Å². The highest BCUT2D eigenvalue weighted by atomic mass is 32.1. The van der Waals surface area contributed by atoms with Crippen LogP contribution in [0.2, 0.25) is 0 Å². The number of hydrogen-bond acceptors (Lipinski definition) is 2. The van der Waals surface area contributed by atoms with E-state index in [1.807, 2.05) is 11.3 Å². The van der Waals surface area contributed by atoms with Gasteiger partial charge in [-0.05, 0) is 28.0 Å². The molecule has 1 aromatic heterocycles. The van der Waals surface area contributed by atoms with Crippen molar-refractivity contribution in [1.82, 2.24) is 5.32 Å². The molecule has 0 unspecified atom stereocenters. The molecule has 0 spiro atoms. The summed E-state index contributed by atoms with van der Waals surface area (Å²) in [6.07, 6.45) is 2.29. The number of hydrogen-bond donors (Lipinski definition) is 1. The molecule has 1 aliphatic rings. The minimum atomic E-state index is 1.01. The molecule has 0 radical (unpaired) electrons. The van der Waals surface area contributed by atoms with Crippen LogP contribution in [-0.2, 0) is 0 Å². The lowest BCUT2D eigenvalue weighted by molar-refractivity contribution is 0.898. The van der Waals surface area contributed by atoms with Crippen molar-refractivity contribution in [3.05, 3.63) is 41.3 Å². The van der Waals surface area contributed by atoms with E-state index in [0.717, 1.165) is 13.1 Å². The van der Waals surface area contributed by atoms with E-state index < -0.39 is 0 Å². The van der Waals surface area contributed by atoms with Gasteiger partial charge in [0.15, 0.2) is 0 Å². The van der Waals surface area contributed by atoms with Gasteiger partial charge < -0.3 is 5.32 Å². The summed E-state index contributed by atoms with van der Waals surface area (Å²) in [5.74, 6) is 0. The first kappa shape index (κ1) is 8.21. The van der Waals surface area contributed by atoms with Crippen LogP contribution in [-0.4, -0.2) is 13.1 Å². The van der Waals surface area contributed by atoms with E-state index in [9.17, 15) is 0 Å². The largest absolute Gasteiger partial charge is 0.309 e. The Hall–Kier alpha value is -1.12. The fourth-order valence-corrected chi connectivity index (χ4v) is 2.89. The van der Waals surface area contributed by atoms with Gasteiger partial charge in [0.05, 0.1) is 0 Å². The molecule has 0 atom stereocenters. The normalized spacial score (nSPS) is 16.1. The fraction of sp³-hybridized carbons (Fsp3) is 0.167. The van der Waals surface area contributed by atoms with Crippen molar-refractivity contribution < 1.29 is 0 Å². The van der Waals surface area contributed by atoms with Gasteiger partial charge >= 0.3 is 0 Å². The van der Waals surface area contributed by atoms with Gasteiger partial charge in [-0.15, -0.1) is 11.3 Å². The van der Waals surface area contributed by atoms with E-state index >= 15 is 0 Å². The van der Waals surface area contributed by atoms with Crippen molar-refractivity contribution >= 4 is 27.0 Å². The summed E-state index contributed by atoms with van der Waals surface area (Å²) in [7, 11) is 0. The number of thiophene rings is 1. The smallest absolute Gasteiger partial charge is 0.0349 e. The van der Waals surface area contributed by atoms with Crippen LogP contribution in [0, 0.1) is 0 Å². The summed E-state index contributed by atoms with van der Waals surface area (Å²) in [6.45, 7) is 2.03. The molecule has 0 saturated carbocycles. The molecule has 1 aliphatic heterocycles. The van der Waals surface area contributed by atoms with E-state index in [1.165, 1.54) is 21.2 Å². The van der Waals surface area contributed by atoms with Crippen molar-refractivity contribution in [2.45, 2.75) is 0 Å². The summed E-state index contributed by atoms with van der Waals surface area (Å²) in [5, 5.41) is 7.00. The first-order valence-electron chi connectivity index (χ1n) is 4.81. The Bertz CT molecular complexity index is 496. The Kier molecular flexibility index (Phi) is 1.89. The molecule has 2 aromatic rings. The van der Waals surface area contributed by atoms with Crippen molar-refractivity contribution in [2.24, 2.45) is 0 Å². The van der Waals surface area contributed by atoms with Gasteiger partial charge in [0, 0.05) is 17.8 Å². The van der Waals surface area contributed by atoms with E-state index in [-0.39, 0.29) is 0 Å². The summed E-state index contributed by atoms with van der Waals surface area (Å²) in [5.41, 5.74) is 2.86. The number of fused-ring (bicyclic) bond motifs is 1. The lowest BCUT2D eigenvalue weighted by Gasteiger charge is -1.98. The molecule has 2 heteroatoms. The Balaban J connectivity index is 2.21. The van der Waals surface area contributed by atoms with Crippen LogP contribution in [0.5, 0.6) is 0 Å². The van der Waals surface area contributed by atoms with E-state index in [1.54, 1.807) is 0 Å². The third kappa shape index (κ3) is 1.19. The molecule has 1 aromatic carbocycles. The SMILES string of the molecule is C1=C(c2csc3ccccc23)CNC1. The van der Waals surface area contributed by atoms with E-state index in [2.05, 4.69) is 41.0 Å². The molecule has 0 fully saturated rings. The van der Waals surface area contributed by atoms with Crippen molar-refractivity contribution in [3.8, 4) is 0 Å². The topological polar surface area (TPSA) is 12.0 Å². The lowest BCUT2D eigenvalue weighted by Crippen LogP contribution is -2.07. The molecule has 0 aliphatic carbocycles. The average molecular weight is 201 g/mol. The predicted octanol–water partition coefficient (Wildman–Crippen LogP) is 2.89. The Morgan fingerprint density at radius 3 is 3.00 bits per heavy atom. The van der Waals surface area contributed by atoms with Gasteiger partial charge in [-0.1, -0.05) is 24.3 Å². The number of rotatable bonds is 1. The second-order valence-electron chi connectivity index (χ2n) is 3.51. The molecule has 0 saturated heterocycles. The van der Waals surface area contributed by atoms with Gasteiger partial charge in [-0.2, -0.15) is 0 Å². The Morgan fingerprint density at radius 1 is 1.21 bits per heavy atom. The zero-order chi connectivity index (χ0) is 9.38. The van der Waals surface area contributed by atoms with Gasteiger partial charge in [0.1, 0.15) is 0 Å². The Morgan fingerprint density at radius 2 is 2.14 bits per heavy atom. The highest BCUT2D eigenvalue weighted by Gasteiger charge is 2.10. The molecular formula is C12H11NS. The van der Waals surface area contributed by atoms with Crippen molar-refractivity contribution in [1.29, 1.82) is 0 Å². The second kappa shape index (κ2) is 3.23. The fourth-order valence-electron chi connectivity index (χ4n) is 1.91. The second-order valence-corrected chi connectivity index (χ2v) is 4.42. The van der Waals surface area contributed by atoms with Crippen LogP contribution < -0.4 is 5.32 Å². The lowest BCUT2D eigenvalue weighted by atomic mass is 10.1. The van der Waals surface area contributed by atoms with Crippen molar-refractivity contribution in [2.75, 3.05) is 13.1 Å². The standard InChI is InChI=1S/C12H11NS/c1-2-4-12-10(3-1)11(8-14-12)9-5-6-13-7-9/h1-5,8,13H,6-7H2. The molecule has 14 heavy (non-hydrogen) atoms. The first-order chi connectivity index (χ1) is 6.95. The predicted molar refractivity (Wildman–Crippen MR) is 62.7 cm³/mol. The molecule has 0 bridgehead atoms. The number of benzene rings is 1. The van der Waals surface area contributed by atoms with Crippen LogP contribution in [0.25, 0.3) is 15.7 Å². The first-order valence-corrected chi connectivity index (χ1v) is 5.69. The van der Waals surface area contributed by atoms with Crippen molar-refractivity contribution in [3.63, 3.8) is 0 Å². The van der Waals surface area contributed by atoms with E-state index in [4.69, 9.17) is 0 Å². The minimum Gasteiger partial charge on any atom is -0.309 e. The summed E-state index contributed by atoms with van der Waals surface area (Å²) in [6, 6.07) is 8.61. The summed E-state index contributed by atoms with van der Waals surface area (Å²) >= 11 is 1.83. The maximum absolute atomic E-state index is 3.34. The maximum Gasteiger partial charge on any atom is 0.0349 e. The third-order valence-corrected chi connectivity index (χ3v) is 3.60. The molecule has 70 valence electrons. The summed E-state index contributed by atoms with van der Waals surface area (Å²) in [4.78, 5) is 0.